The first kappa shape index (κ1) is 24.4. The van der Waals surface area contributed by atoms with Crippen LogP contribution in [-0.2, 0) is 0 Å². The molecule has 1 aromatic rings. The first-order chi connectivity index (χ1) is 19.3. The molecule has 4 unspecified atom stereocenters. The monoisotopic (exact) mass is 506 g/mol. The highest BCUT2D eigenvalue weighted by Gasteiger charge is 2.35. The van der Waals surface area contributed by atoms with E-state index in [1.54, 1.807) is 5.57 Å². The van der Waals surface area contributed by atoms with Gasteiger partial charge >= 0.3 is 0 Å². The molecule has 0 saturated heterocycles. The molecule has 0 heteroatoms. The molecule has 0 N–H and O–H groups in total. The minimum Gasteiger partial charge on any atom is -0.0842 e. The largest absolute Gasteiger partial charge is 0.0842 e. The average Bonchev–Trinajstić information content (AvgIpc) is 3.01. The van der Waals surface area contributed by atoms with Crippen LogP contribution in [0.5, 0.6) is 0 Å². The van der Waals surface area contributed by atoms with E-state index in [0.717, 1.165) is 32.1 Å². The molecule has 6 aliphatic carbocycles. The summed E-state index contributed by atoms with van der Waals surface area (Å²) in [4.78, 5) is 0. The van der Waals surface area contributed by atoms with Crippen molar-refractivity contribution in [1.29, 1.82) is 0 Å². The zero-order chi connectivity index (χ0) is 26.2. The number of hydrogen-bond donors (Lipinski definition) is 0. The van der Waals surface area contributed by atoms with Gasteiger partial charge in [-0.2, -0.15) is 0 Å². The van der Waals surface area contributed by atoms with Crippen LogP contribution in [0, 0.1) is 23.7 Å². The van der Waals surface area contributed by atoms with E-state index in [1.807, 2.05) is 0 Å². The van der Waals surface area contributed by atoms with E-state index >= 15 is 0 Å². The van der Waals surface area contributed by atoms with E-state index in [0.29, 0.717) is 23.7 Å². The fraction of sp³-hybridized carbons (Fsp3) is 0.282. The van der Waals surface area contributed by atoms with Crippen molar-refractivity contribution in [3.63, 3.8) is 0 Å². The minimum absolute atomic E-state index is 0.401. The Labute approximate surface area is 233 Å². The molecule has 0 aromatic heterocycles. The van der Waals surface area contributed by atoms with Crippen LogP contribution < -0.4 is 10.4 Å². The van der Waals surface area contributed by atoms with Crippen molar-refractivity contribution in [3.05, 3.63) is 154 Å². The molecule has 0 saturated carbocycles. The molecule has 0 amide bonds. The van der Waals surface area contributed by atoms with E-state index in [2.05, 4.69) is 122 Å². The first-order valence-corrected chi connectivity index (χ1v) is 15.0. The molecule has 0 bridgehead atoms. The molecule has 4 atom stereocenters. The van der Waals surface area contributed by atoms with E-state index in [4.69, 9.17) is 0 Å². The number of allylic oxidation sites excluding steroid dienone is 20. The van der Waals surface area contributed by atoms with Crippen molar-refractivity contribution in [2.45, 2.75) is 45.4 Å². The molecular formula is C39H38. The summed E-state index contributed by atoms with van der Waals surface area (Å²) in [5.41, 5.74) is 10.6. The highest BCUT2D eigenvalue weighted by atomic mass is 14.4. The van der Waals surface area contributed by atoms with Gasteiger partial charge in [-0.1, -0.05) is 122 Å². The third-order valence-corrected chi connectivity index (χ3v) is 9.35. The van der Waals surface area contributed by atoms with E-state index in [1.165, 1.54) is 50.3 Å². The van der Waals surface area contributed by atoms with Gasteiger partial charge in [0.25, 0.3) is 0 Å². The second-order valence-corrected chi connectivity index (χ2v) is 11.8. The molecule has 0 radical (unpaired) electrons. The summed E-state index contributed by atoms with van der Waals surface area (Å²) in [5.74, 6) is 1.76. The van der Waals surface area contributed by atoms with Crippen LogP contribution in [0.3, 0.4) is 0 Å². The van der Waals surface area contributed by atoms with Crippen LogP contribution in [0.4, 0.5) is 0 Å². The Morgan fingerprint density at radius 2 is 1.67 bits per heavy atom. The van der Waals surface area contributed by atoms with Crippen LogP contribution in [0.2, 0.25) is 0 Å². The second kappa shape index (κ2) is 10.5. The Morgan fingerprint density at radius 3 is 2.46 bits per heavy atom. The number of fused-ring (bicyclic) bond motifs is 2. The SMILES string of the molecule is CC1C=CC=C2C(C3=CC(C4C=CC=CC4)=CC(C4=CCCC=C4)C3)=c3ccccc3=C(C3=CC=CCC3)C21. The molecular weight excluding hydrogens is 468 g/mol. The summed E-state index contributed by atoms with van der Waals surface area (Å²) < 4.78 is 0. The average molecular weight is 507 g/mol. The Balaban J connectivity index is 1.47. The third kappa shape index (κ3) is 4.51. The van der Waals surface area contributed by atoms with Crippen molar-refractivity contribution in [1.82, 2.24) is 0 Å². The Kier molecular flexibility index (Phi) is 6.57. The zero-order valence-corrected chi connectivity index (χ0v) is 23.0. The molecule has 7 rings (SSSR count). The molecule has 0 heterocycles. The maximum atomic E-state index is 2.58. The zero-order valence-electron chi connectivity index (χ0n) is 23.0. The quantitative estimate of drug-likeness (QED) is 0.385. The highest BCUT2D eigenvalue weighted by molar-refractivity contribution is 5.89. The predicted octanol–water partition coefficient (Wildman–Crippen LogP) is 8.31. The summed E-state index contributed by atoms with van der Waals surface area (Å²) in [6.07, 6.45) is 42.4. The second-order valence-electron chi connectivity index (χ2n) is 11.8. The minimum atomic E-state index is 0.401. The van der Waals surface area contributed by atoms with Crippen molar-refractivity contribution < 1.29 is 0 Å². The van der Waals surface area contributed by atoms with Crippen molar-refractivity contribution in [2.75, 3.05) is 0 Å². The Morgan fingerprint density at radius 1 is 0.744 bits per heavy atom. The lowest BCUT2D eigenvalue weighted by atomic mass is 9.66. The predicted molar refractivity (Wildman–Crippen MR) is 166 cm³/mol. The fourth-order valence-electron chi connectivity index (χ4n) is 7.50. The van der Waals surface area contributed by atoms with Gasteiger partial charge in [0.1, 0.15) is 0 Å². The molecule has 0 fully saturated rings. The maximum absolute atomic E-state index is 2.58. The van der Waals surface area contributed by atoms with Gasteiger partial charge in [-0.05, 0) is 93.9 Å². The van der Waals surface area contributed by atoms with Crippen LogP contribution >= 0.6 is 0 Å². The summed E-state index contributed by atoms with van der Waals surface area (Å²) in [7, 11) is 0. The Bertz CT molecular complexity index is 1610. The molecule has 39 heavy (non-hydrogen) atoms. The van der Waals surface area contributed by atoms with Gasteiger partial charge in [-0.15, -0.1) is 0 Å². The van der Waals surface area contributed by atoms with Crippen LogP contribution in [0.25, 0.3) is 11.1 Å². The Hall–Kier alpha value is -3.64. The molecule has 194 valence electrons. The van der Waals surface area contributed by atoms with Gasteiger partial charge in [0.05, 0.1) is 0 Å². The first-order valence-electron chi connectivity index (χ1n) is 15.0. The lowest BCUT2D eigenvalue weighted by Crippen LogP contribution is -2.40. The van der Waals surface area contributed by atoms with Gasteiger partial charge in [-0.3, -0.25) is 0 Å². The molecule has 6 aliphatic rings. The lowest BCUT2D eigenvalue weighted by molar-refractivity contribution is 0.591. The number of hydrogen-bond acceptors (Lipinski definition) is 0. The van der Waals surface area contributed by atoms with Gasteiger partial charge in [0, 0.05) is 17.8 Å². The molecule has 0 aliphatic heterocycles. The normalized spacial score (nSPS) is 29.2. The van der Waals surface area contributed by atoms with E-state index in [-0.39, 0.29) is 0 Å². The highest BCUT2D eigenvalue weighted by Crippen LogP contribution is 2.47. The number of benzene rings is 1. The summed E-state index contributed by atoms with van der Waals surface area (Å²) >= 11 is 0. The number of rotatable bonds is 4. The summed E-state index contributed by atoms with van der Waals surface area (Å²) in [6, 6.07) is 9.27. The molecule has 0 spiro atoms. The van der Waals surface area contributed by atoms with Gasteiger partial charge in [0.15, 0.2) is 0 Å². The van der Waals surface area contributed by atoms with Gasteiger partial charge in [0.2, 0.25) is 0 Å². The van der Waals surface area contributed by atoms with Crippen LogP contribution in [0.1, 0.15) is 45.4 Å². The van der Waals surface area contributed by atoms with Crippen molar-refractivity contribution >= 4 is 11.1 Å². The maximum Gasteiger partial charge on any atom is 0.0165 e. The molecule has 0 nitrogen and oxygen atoms in total. The van der Waals surface area contributed by atoms with E-state index < -0.39 is 0 Å². The topological polar surface area (TPSA) is 0 Å². The van der Waals surface area contributed by atoms with E-state index in [9.17, 15) is 0 Å². The smallest absolute Gasteiger partial charge is 0.0165 e. The standard InChI is InChI=1S/C39H38/c1-27-14-13-23-36-37(27)39(30-19-9-4-10-20-30)35-22-12-11-21-34(35)38(36)33-25-31(28-15-5-2-6-16-28)24-32(26-33)29-17-7-3-8-18-29/h2,4-7,9,11-15,17-19,21-25,27-28,32,37H,3,8,10,16,20,26H2,1H3. The van der Waals surface area contributed by atoms with Crippen molar-refractivity contribution in [2.24, 2.45) is 23.7 Å². The van der Waals surface area contributed by atoms with Crippen LogP contribution in [0.15, 0.2) is 143 Å². The third-order valence-electron chi connectivity index (χ3n) is 9.35. The van der Waals surface area contributed by atoms with Crippen LogP contribution in [-0.4, -0.2) is 0 Å². The summed E-state index contributed by atoms with van der Waals surface area (Å²) in [5, 5.41) is 2.87. The summed E-state index contributed by atoms with van der Waals surface area (Å²) in [6.45, 7) is 2.42. The fourth-order valence-corrected chi connectivity index (χ4v) is 7.50. The van der Waals surface area contributed by atoms with Gasteiger partial charge < -0.3 is 0 Å². The van der Waals surface area contributed by atoms with Crippen molar-refractivity contribution in [3.8, 4) is 0 Å². The van der Waals surface area contributed by atoms with Gasteiger partial charge in [-0.25, -0.2) is 0 Å². The lowest BCUT2D eigenvalue weighted by Gasteiger charge is -2.38. The molecule has 1 aromatic carbocycles.